The zero-order valence-corrected chi connectivity index (χ0v) is 18.8. The molecule has 0 aromatic heterocycles. The van der Waals surface area contributed by atoms with Gasteiger partial charge in [0.2, 0.25) is 0 Å². The number of ketones is 2. The minimum atomic E-state index is -1.27. The number of esters is 1. The van der Waals surface area contributed by atoms with Crippen LogP contribution in [0.3, 0.4) is 0 Å². The van der Waals surface area contributed by atoms with E-state index in [4.69, 9.17) is 4.74 Å². The van der Waals surface area contributed by atoms with Gasteiger partial charge < -0.3 is 14.9 Å². The van der Waals surface area contributed by atoms with Gasteiger partial charge in [0, 0.05) is 23.2 Å². The van der Waals surface area contributed by atoms with Crippen LogP contribution in [0.1, 0.15) is 60.8 Å². The Hall–Kier alpha value is -1.53. The zero-order chi connectivity index (χ0) is 22.6. The highest BCUT2D eigenvalue weighted by atomic mass is 16.5. The lowest BCUT2D eigenvalue weighted by atomic mass is 9.34. The van der Waals surface area contributed by atoms with E-state index < -0.39 is 57.8 Å². The Morgan fingerprint density at radius 1 is 1.07 bits per heavy atom. The summed E-state index contributed by atoms with van der Waals surface area (Å²) in [5.41, 5.74) is -2.84. The lowest BCUT2D eigenvalue weighted by molar-refractivity contribution is -0.270. The minimum absolute atomic E-state index is 0.0837. The summed E-state index contributed by atoms with van der Waals surface area (Å²) in [6.07, 6.45) is -1.89. The Balaban J connectivity index is 1.94. The standard InChI is InChI=1S/C24H34O6/c1-11-10-13-22(5)9-8-14(25)21(3,4)16(22)15(26)19(28)24(13,7)17-20(29)30-12(2)18(27)23(11,17)6/h12-13,15-17,19,26,28H,1,8-10H2,2-7H3. The molecule has 9 atom stereocenters. The molecule has 0 spiro atoms. The summed E-state index contributed by atoms with van der Waals surface area (Å²) in [5.74, 6) is -2.24. The van der Waals surface area contributed by atoms with Crippen LogP contribution in [0, 0.1) is 39.4 Å². The third-order valence-corrected chi connectivity index (χ3v) is 9.74. The highest BCUT2D eigenvalue weighted by Gasteiger charge is 2.75. The molecule has 3 saturated carbocycles. The third-order valence-electron chi connectivity index (χ3n) is 9.74. The molecular formula is C24H34O6. The maximum absolute atomic E-state index is 13.2. The molecule has 6 heteroatoms. The number of aliphatic hydroxyl groups is 2. The lowest BCUT2D eigenvalue weighted by Crippen LogP contribution is -2.75. The van der Waals surface area contributed by atoms with Gasteiger partial charge in [-0.1, -0.05) is 39.8 Å². The third kappa shape index (κ3) is 2.19. The first-order chi connectivity index (χ1) is 13.7. The molecule has 3 aliphatic carbocycles. The van der Waals surface area contributed by atoms with Crippen LogP contribution in [0.25, 0.3) is 0 Å². The molecule has 9 unspecified atom stereocenters. The Morgan fingerprint density at radius 2 is 1.67 bits per heavy atom. The smallest absolute Gasteiger partial charge is 0.311 e. The first-order valence-electron chi connectivity index (χ1n) is 11.0. The van der Waals surface area contributed by atoms with Crippen LogP contribution in [0.15, 0.2) is 12.2 Å². The van der Waals surface area contributed by atoms with E-state index in [1.807, 2.05) is 20.8 Å². The van der Waals surface area contributed by atoms with Gasteiger partial charge in [-0.05, 0) is 38.0 Å². The van der Waals surface area contributed by atoms with E-state index in [0.717, 1.165) is 0 Å². The molecule has 1 aliphatic heterocycles. The first-order valence-corrected chi connectivity index (χ1v) is 11.0. The van der Waals surface area contributed by atoms with Gasteiger partial charge in [0.1, 0.15) is 5.78 Å². The largest absolute Gasteiger partial charge is 0.454 e. The van der Waals surface area contributed by atoms with Crippen LogP contribution < -0.4 is 0 Å². The highest BCUT2D eigenvalue weighted by molar-refractivity contribution is 6.00. The number of carbonyl (C=O) groups is 3. The average molecular weight is 419 g/mol. The van der Waals surface area contributed by atoms with Crippen LogP contribution in [-0.4, -0.2) is 46.1 Å². The van der Waals surface area contributed by atoms with Crippen molar-refractivity contribution in [1.82, 2.24) is 0 Å². The summed E-state index contributed by atoms with van der Waals surface area (Å²) in [7, 11) is 0. The van der Waals surface area contributed by atoms with Crippen molar-refractivity contribution < 1.29 is 29.3 Å². The van der Waals surface area contributed by atoms with Crippen molar-refractivity contribution >= 4 is 17.5 Å². The monoisotopic (exact) mass is 418 g/mol. The Bertz CT molecular complexity index is 860. The molecule has 0 aromatic rings. The van der Waals surface area contributed by atoms with Crippen LogP contribution in [0.4, 0.5) is 0 Å². The number of carbonyl (C=O) groups excluding carboxylic acids is 3. The van der Waals surface area contributed by atoms with E-state index in [1.165, 1.54) is 0 Å². The lowest BCUT2D eigenvalue weighted by Gasteiger charge is -2.70. The summed E-state index contributed by atoms with van der Waals surface area (Å²) < 4.78 is 5.43. The Kier molecular flexibility index (Phi) is 4.36. The van der Waals surface area contributed by atoms with E-state index in [1.54, 1.807) is 13.8 Å². The van der Waals surface area contributed by atoms with Gasteiger partial charge in [-0.15, -0.1) is 0 Å². The van der Waals surface area contributed by atoms with Gasteiger partial charge in [-0.3, -0.25) is 14.4 Å². The number of aliphatic hydroxyl groups excluding tert-OH is 2. The molecule has 0 aromatic carbocycles. The van der Waals surface area contributed by atoms with Crippen molar-refractivity contribution in [3.05, 3.63) is 12.2 Å². The van der Waals surface area contributed by atoms with Crippen LogP contribution in [-0.2, 0) is 19.1 Å². The number of cyclic esters (lactones) is 1. The molecular weight excluding hydrogens is 384 g/mol. The van der Waals surface area contributed by atoms with Crippen molar-refractivity contribution in [1.29, 1.82) is 0 Å². The number of Topliss-reactive ketones (excluding diaryl/α,β-unsaturated/α-hetero) is 2. The molecule has 4 aliphatic rings. The number of rotatable bonds is 0. The number of hydrogen-bond acceptors (Lipinski definition) is 6. The second kappa shape index (κ2) is 6.04. The summed E-state index contributed by atoms with van der Waals surface area (Å²) in [6, 6.07) is 0. The van der Waals surface area contributed by atoms with Crippen LogP contribution >= 0.6 is 0 Å². The van der Waals surface area contributed by atoms with Gasteiger partial charge in [0.15, 0.2) is 11.9 Å². The number of fused-ring (bicyclic) bond motifs is 5. The van der Waals surface area contributed by atoms with Crippen molar-refractivity contribution in [3.63, 3.8) is 0 Å². The molecule has 4 fully saturated rings. The normalized spacial score (nSPS) is 52.8. The minimum Gasteiger partial charge on any atom is -0.454 e. The molecule has 6 nitrogen and oxygen atoms in total. The van der Waals surface area contributed by atoms with Crippen molar-refractivity contribution in [3.8, 4) is 0 Å². The van der Waals surface area contributed by atoms with Crippen molar-refractivity contribution in [2.24, 2.45) is 39.4 Å². The second-order valence-electron chi connectivity index (χ2n) is 11.4. The van der Waals surface area contributed by atoms with Crippen molar-refractivity contribution in [2.45, 2.75) is 79.1 Å². The summed E-state index contributed by atoms with van der Waals surface area (Å²) in [6.45, 7) is 15.1. The summed E-state index contributed by atoms with van der Waals surface area (Å²) in [4.78, 5) is 39.2. The Morgan fingerprint density at radius 3 is 2.27 bits per heavy atom. The first kappa shape index (κ1) is 21.7. The molecule has 2 N–H and O–H groups in total. The second-order valence-corrected chi connectivity index (χ2v) is 11.4. The topological polar surface area (TPSA) is 101 Å². The quantitative estimate of drug-likeness (QED) is 0.463. The van der Waals surface area contributed by atoms with Crippen LogP contribution in [0.2, 0.25) is 0 Å². The predicted molar refractivity (Wildman–Crippen MR) is 109 cm³/mol. The van der Waals surface area contributed by atoms with Crippen LogP contribution in [0.5, 0.6) is 0 Å². The molecule has 4 rings (SSSR count). The highest BCUT2D eigenvalue weighted by Crippen LogP contribution is 2.71. The number of hydrogen-bond donors (Lipinski definition) is 2. The van der Waals surface area contributed by atoms with Gasteiger partial charge in [-0.25, -0.2) is 0 Å². The van der Waals surface area contributed by atoms with Gasteiger partial charge >= 0.3 is 5.97 Å². The van der Waals surface area contributed by atoms with Gasteiger partial charge in [-0.2, -0.15) is 0 Å². The van der Waals surface area contributed by atoms with Crippen molar-refractivity contribution in [2.75, 3.05) is 0 Å². The van der Waals surface area contributed by atoms with E-state index in [9.17, 15) is 24.6 Å². The van der Waals surface area contributed by atoms with Gasteiger partial charge in [0.25, 0.3) is 0 Å². The number of ether oxygens (including phenoxy) is 1. The predicted octanol–water partition coefficient (Wildman–Crippen LogP) is 2.45. The SMILES string of the molecule is C=C1CC2C3(C)CCC(=O)C(C)(C)C3C(O)C(O)C2(C)C2C(=O)OC(C)C(=O)C12C. The maximum atomic E-state index is 13.2. The van der Waals surface area contributed by atoms with E-state index in [0.29, 0.717) is 24.8 Å². The molecule has 30 heavy (non-hydrogen) atoms. The molecule has 0 amide bonds. The molecule has 0 radical (unpaired) electrons. The molecule has 1 saturated heterocycles. The molecule has 1 heterocycles. The van der Waals surface area contributed by atoms with E-state index in [-0.39, 0.29) is 17.5 Å². The fourth-order valence-electron chi connectivity index (χ4n) is 8.17. The zero-order valence-electron chi connectivity index (χ0n) is 18.8. The Labute approximate surface area is 178 Å². The summed E-state index contributed by atoms with van der Waals surface area (Å²) >= 11 is 0. The average Bonchev–Trinajstić information content (AvgIpc) is 2.64. The van der Waals surface area contributed by atoms with Gasteiger partial charge in [0.05, 0.1) is 23.5 Å². The number of allylic oxidation sites excluding steroid dienone is 1. The van der Waals surface area contributed by atoms with E-state index >= 15 is 0 Å². The molecule has 166 valence electrons. The fourth-order valence-corrected chi connectivity index (χ4v) is 8.17. The summed E-state index contributed by atoms with van der Waals surface area (Å²) in [5, 5.41) is 22.9. The molecule has 0 bridgehead atoms. The maximum Gasteiger partial charge on any atom is 0.311 e. The fraction of sp³-hybridized carbons (Fsp3) is 0.792. The van der Waals surface area contributed by atoms with E-state index in [2.05, 4.69) is 13.5 Å².